The van der Waals surface area contributed by atoms with Crippen LogP contribution in [0.3, 0.4) is 0 Å². The van der Waals surface area contributed by atoms with Crippen LogP contribution in [0.4, 0.5) is 8.78 Å². The van der Waals surface area contributed by atoms with Crippen molar-refractivity contribution in [1.29, 1.82) is 0 Å². The van der Waals surface area contributed by atoms with Gasteiger partial charge in [-0.2, -0.15) is 8.78 Å². The fraction of sp³-hybridized carbons (Fsp3) is 0.588. The molecule has 1 aromatic carbocycles. The molecule has 2 fully saturated rings. The van der Waals surface area contributed by atoms with E-state index in [0.717, 1.165) is 24.0 Å². The molecule has 0 unspecified atom stereocenters. The number of nitrogens with zero attached hydrogens (tertiary/aromatic N) is 3. The Morgan fingerprint density at radius 2 is 2.04 bits per heavy atom. The number of ether oxygens (including phenoxy) is 1. The van der Waals surface area contributed by atoms with Crippen LogP contribution in [0, 0.1) is 0 Å². The van der Waals surface area contributed by atoms with E-state index in [-0.39, 0.29) is 6.10 Å². The Balaban J connectivity index is 1.65. The summed E-state index contributed by atoms with van der Waals surface area (Å²) in [6, 6.07) is 7.45. The summed E-state index contributed by atoms with van der Waals surface area (Å²) in [6.07, 6.45) is 4.80. The highest BCUT2D eigenvalue weighted by Crippen LogP contribution is 2.31. The Morgan fingerprint density at radius 3 is 2.91 bits per heavy atom. The quantitative estimate of drug-likeness (QED) is 0.866. The van der Waals surface area contributed by atoms with E-state index >= 15 is 0 Å². The van der Waals surface area contributed by atoms with Gasteiger partial charge in [-0.05, 0) is 25.0 Å². The number of benzene rings is 1. The summed E-state index contributed by atoms with van der Waals surface area (Å²) in [7, 11) is 0. The van der Waals surface area contributed by atoms with Crippen molar-refractivity contribution in [2.75, 3.05) is 13.2 Å². The minimum Gasteiger partial charge on any atom is -0.375 e. The summed E-state index contributed by atoms with van der Waals surface area (Å²) < 4.78 is 34.1. The van der Waals surface area contributed by atoms with Crippen molar-refractivity contribution >= 4 is 11.0 Å². The minimum absolute atomic E-state index is 0.252. The second-order valence-electron chi connectivity index (χ2n) is 6.40. The van der Waals surface area contributed by atoms with Crippen molar-refractivity contribution in [1.82, 2.24) is 14.5 Å². The average Bonchev–Trinajstić information content (AvgIpc) is 2.93. The van der Waals surface area contributed by atoms with Gasteiger partial charge in [0.15, 0.2) is 0 Å². The molecule has 0 radical (unpaired) electrons. The first kappa shape index (κ1) is 15.0. The molecule has 0 spiro atoms. The molecule has 0 N–H and O–H groups in total. The van der Waals surface area contributed by atoms with Crippen LogP contribution < -0.4 is 0 Å². The molecule has 23 heavy (non-hydrogen) atoms. The molecule has 2 heterocycles. The number of fused-ring (bicyclic) bond motifs is 2. The number of aromatic nitrogens is 2. The smallest absolute Gasteiger partial charge is 0.320 e. The fourth-order valence-electron chi connectivity index (χ4n) is 3.98. The zero-order valence-corrected chi connectivity index (χ0v) is 13.0. The summed E-state index contributed by atoms with van der Waals surface area (Å²) in [4.78, 5) is 6.75. The molecule has 6 heteroatoms. The zero-order valence-electron chi connectivity index (χ0n) is 13.0. The molecule has 1 aliphatic heterocycles. The van der Waals surface area contributed by atoms with E-state index in [2.05, 4.69) is 9.88 Å². The Bertz CT molecular complexity index is 686. The highest BCUT2D eigenvalue weighted by atomic mass is 19.3. The van der Waals surface area contributed by atoms with E-state index in [1.165, 1.54) is 12.8 Å². The lowest BCUT2D eigenvalue weighted by atomic mass is 9.90. The molecule has 2 aromatic rings. The van der Waals surface area contributed by atoms with Crippen LogP contribution in [0.15, 0.2) is 24.3 Å². The Kier molecular flexibility index (Phi) is 4.03. The molecule has 0 bridgehead atoms. The van der Waals surface area contributed by atoms with Crippen molar-refractivity contribution in [2.45, 2.75) is 50.9 Å². The van der Waals surface area contributed by atoms with Gasteiger partial charge in [0.05, 0.1) is 30.3 Å². The fourth-order valence-corrected chi connectivity index (χ4v) is 3.98. The van der Waals surface area contributed by atoms with Gasteiger partial charge in [-0.1, -0.05) is 25.0 Å². The van der Waals surface area contributed by atoms with E-state index in [1.54, 1.807) is 18.2 Å². The number of rotatable bonds is 3. The number of para-hydroxylation sites is 2. The Hall–Kier alpha value is -1.53. The van der Waals surface area contributed by atoms with Gasteiger partial charge in [0.25, 0.3) is 0 Å². The lowest BCUT2D eigenvalue weighted by molar-refractivity contribution is -0.0926. The minimum atomic E-state index is -2.57. The maximum atomic E-state index is 13.6. The summed E-state index contributed by atoms with van der Waals surface area (Å²) in [6.45, 7) is -0.645. The first-order chi connectivity index (χ1) is 11.2. The first-order valence-corrected chi connectivity index (χ1v) is 8.33. The van der Waals surface area contributed by atoms with Gasteiger partial charge in [-0.3, -0.25) is 9.47 Å². The predicted octanol–water partition coefficient (Wildman–Crippen LogP) is 3.57. The van der Waals surface area contributed by atoms with E-state index in [4.69, 9.17) is 4.74 Å². The molecular weight excluding hydrogens is 300 g/mol. The molecule has 1 saturated carbocycles. The normalized spacial score (nSPS) is 25.9. The van der Waals surface area contributed by atoms with Gasteiger partial charge in [-0.15, -0.1) is 0 Å². The third kappa shape index (κ3) is 2.74. The van der Waals surface area contributed by atoms with Crippen molar-refractivity contribution in [2.24, 2.45) is 0 Å². The first-order valence-electron chi connectivity index (χ1n) is 8.33. The maximum absolute atomic E-state index is 13.6. The number of morpholine rings is 1. The molecule has 2 aliphatic rings. The van der Waals surface area contributed by atoms with Gasteiger partial charge in [-0.25, -0.2) is 4.98 Å². The maximum Gasteiger partial charge on any atom is 0.320 e. The van der Waals surface area contributed by atoms with Crippen molar-refractivity contribution < 1.29 is 13.5 Å². The van der Waals surface area contributed by atoms with E-state index < -0.39 is 6.55 Å². The van der Waals surface area contributed by atoms with Gasteiger partial charge >= 0.3 is 6.55 Å². The van der Waals surface area contributed by atoms with Crippen LogP contribution in [-0.4, -0.2) is 39.7 Å². The van der Waals surface area contributed by atoms with Crippen LogP contribution >= 0.6 is 0 Å². The van der Waals surface area contributed by atoms with Crippen molar-refractivity contribution in [3.05, 3.63) is 30.1 Å². The van der Waals surface area contributed by atoms with E-state index in [0.29, 0.717) is 36.1 Å². The molecule has 0 amide bonds. The van der Waals surface area contributed by atoms with E-state index in [1.807, 2.05) is 6.07 Å². The number of halogens is 2. The van der Waals surface area contributed by atoms with Gasteiger partial charge < -0.3 is 4.74 Å². The van der Waals surface area contributed by atoms with Gasteiger partial charge in [0, 0.05) is 12.6 Å². The topological polar surface area (TPSA) is 30.3 Å². The van der Waals surface area contributed by atoms with Gasteiger partial charge in [0.1, 0.15) is 5.82 Å². The predicted molar refractivity (Wildman–Crippen MR) is 83.4 cm³/mol. The van der Waals surface area contributed by atoms with Crippen LogP contribution in [0.25, 0.3) is 11.0 Å². The number of alkyl halides is 2. The highest BCUT2D eigenvalue weighted by Gasteiger charge is 2.35. The molecule has 1 aliphatic carbocycles. The third-order valence-electron chi connectivity index (χ3n) is 5.06. The van der Waals surface area contributed by atoms with Crippen molar-refractivity contribution in [3.63, 3.8) is 0 Å². The van der Waals surface area contributed by atoms with Crippen LogP contribution in [0.5, 0.6) is 0 Å². The molecule has 124 valence electrons. The summed E-state index contributed by atoms with van der Waals surface area (Å²) in [5.41, 5.74) is 1.14. The SMILES string of the molecule is FC(F)n1c(CN2CCO[C@H]3CCCC[C@H]32)nc2ccccc21. The summed E-state index contributed by atoms with van der Waals surface area (Å²) in [5, 5.41) is 0. The third-order valence-corrected chi connectivity index (χ3v) is 5.06. The monoisotopic (exact) mass is 321 g/mol. The number of hydrogen-bond donors (Lipinski definition) is 0. The second kappa shape index (κ2) is 6.17. The molecule has 2 atom stereocenters. The molecule has 4 rings (SSSR count). The Morgan fingerprint density at radius 1 is 1.22 bits per heavy atom. The van der Waals surface area contributed by atoms with Crippen LogP contribution in [0.1, 0.15) is 38.1 Å². The largest absolute Gasteiger partial charge is 0.375 e. The number of hydrogen-bond acceptors (Lipinski definition) is 3. The molecular formula is C17H21F2N3O. The summed E-state index contributed by atoms with van der Waals surface area (Å²) in [5.74, 6) is 0.451. The average molecular weight is 321 g/mol. The highest BCUT2D eigenvalue weighted by molar-refractivity contribution is 5.75. The second-order valence-corrected chi connectivity index (χ2v) is 6.40. The molecule has 4 nitrogen and oxygen atoms in total. The van der Waals surface area contributed by atoms with Gasteiger partial charge in [0.2, 0.25) is 0 Å². The molecule has 1 aromatic heterocycles. The van der Waals surface area contributed by atoms with Crippen molar-refractivity contribution in [3.8, 4) is 0 Å². The molecule has 1 saturated heterocycles. The van der Waals surface area contributed by atoms with Crippen LogP contribution in [0.2, 0.25) is 0 Å². The lowest BCUT2D eigenvalue weighted by Gasteiger charge is -2.43. The number of imidazole rings is 1. The zero-order chi connectivity index (χ0) is 15.8. The standard InChI is InChI=1S/C17H21F2N3O/c18-17(19)22-13-6-2-1-5-12(13)20-16(22)11-21-9-10-23-15-8-4-3-7-14(15)21/h1-2,5-6,14-15,17H,3-4,7-11H2/t14-,15+/m1/s1. The lowest BCUT2D eigenvalue weighted by Crippen LogP contribution is -2.52. The van der Waals surface area contributed by atoms with Crippen LogP contribution in [-0.2, 0) is 11.3 Å². The van der Waals surface area contributed by atoms with E-state index in [9.17, 15) is 8.78 Å². The summed E-state index contributed by atoms with van der Waals surface area (Å²) >= 11 is 0. The Labute approximate surface area is 134 Å².